The van der Waals surface area contributed by atoms with Gasteiger partial charge in [0.2, 0.25) is 5.91 Å². The fourth-order valence-corrected chi connectivity index (χ4v) is 4.14. The number of hydrogen-bond donors (Lipinski definition) is 2. The van der Waals surface area contributed by atoms with Crippen LogP contribution in [0.2, 0.25) is 0 Å². The van der Waals surface area contributed by atoms with Gasteiger partial charge in [-0.1, -0.05) is 64.5 Å². The number of amides is 3. The highest BCUT2D eigenvalue weighted by atomic mass is 79.9. The Balaban J connectivity index is 1.55. The van der Waals surface area contributed by atoms with Crippen molar-refractivity contribution in [3.05, 3.63) is 101 Å². The molecule has 7 nitrogen and oxygen atoms in total. The Bertz CT molecular complexity index is 1210. The molecule has 0 bridgehead atoms. The SMILES string of the molecule is O=C(CC1C(=O)N(Cc2ccccc2)C(=S)N1NC(=O)c1ccc(Br)cc1)Nc1ccccc1. The smallest absolute Gasteiger partial charge is 0.269 e. The lowest BCUT2D eigenvalue weighted by molar-refractivity contribution is -0.131. The van der Waals surface area contributed by atoms with Crippen molar-refractivity contribution in [2.24, 2.45) is 0 Å². The number of benzene rings is 3. The molecule has 3 amide bonds. The van der Waals surface area contributed by atoms with Gasteiger partial charge in [-0.3, -0.25) is 24.7 Å². The number of para-hydroxylation sites is 1. The molecule has 0 saturated carbocycles. The van der Waals surface area contributed by atoms with Crippen molar-refractivity contribution >= 4 is 56.7 Å². The third kappa shape index (κ3) is 5.49. The highest BCUT2D eigenvalue weighted by Crippen LogP contribution is 2.23. The zero-order valence-electron chi connectivity index (χ0n) is 18.0. The zero-order valence-corrected chi connectivity index (χ0v) is 20.4. The molecule has 0 aliphatic carbocycles. The van der Waals surface area contributed by atoms with E-state index in [1.165, 1.54) is 9.91 Å². The minimum atomic E-state index is -0.973. The molecule has 0 aromatic heterocycles. The Morgan fingerprint density at radius 2 is 1.53 bits per heavy atom. The van der Waals surface area contributed by atoms with Crippen LogP contribution >= 0.6 is 28.1 Å². The predicted octanol–water partition coefficient (Wildman–Crippen LogP) is 4.12. The van der Waals surface area contributed by atoms with Gasteiger partial charge in [0.1, 0.15) is 6.04 Å². The fourth-order valence-electron chi connectivity index (χ4n) is 3.55. The quantitative estimate of drug-likeness (QED) is 0.444. The lowest BCUT2D eigenvalue weighted by Gasteiger charge is -2.24. The van der Waals surface area contributed by atoms with E-state index in [0.717, 1.165) is 10.0 Å². The van der Waals surface area contributed by atoms with Crippen LogP contribution in [0.3, 0.4) is 0 Å². The third-order valence-corrected chi connectivity index (χ3v) is 6.19. The summed E-state index contributed by atoms with van der Waals surface area (Å²) in [6.45, 7) is 0.236. The highest BCUT2D eigenvalue weighted by Gasteiger charge is 2.44. The molecular weight excluding hydrogens is 516 g/mol. The molecular formula is C25H21BrN4O3S. The fraction of sp³-hybridized carbons (Fsp3) is 0.120. The summed E-state index contributed by atoms with van der Waals surface area (Å²) in [6, 6.07) is 24.2. The van der Waals surface area contributed by atoms with Crippen LogP contribution in [0.5, 0.6) is 0 Å². The number of halogens is 1. The Hall–Kier alpha value is -3.56. The summed E-state index contributed by atoms with van der Waals surface area (Å²) in [6.07, 6.45) is -0.181. The van der Waals surface area contributed by atoms with Crippen molar-refractivity contribution in [3.63, 3.8) is 0 Å². The van der Waals surface area contributed by atoms with E-state index in [0.29, 0.717) is 11.3 Å². The monoisotopic (exact) mass is 536 g/mol. The van der Waals surface area contributed by atoms with Gasteiger partial charge in [0.25, 0.3) is 11.8 Å². The van der Waals surface area contributed by atoms with E-state index < -0.39 is 11.9 Å². The van der Waals surface area contributed by atoms with Gasteiger partial charge < -0.3 is 5.32 Å². The second kappa shape index (κ2) is 10.6. The maximum Gasteiger partial charge on any atom is 0.269 e. The number of nitrogens with zero attached hydrogens (tertiary/aromatic N) is 2. The molecule has 9 heteroatoms. The molecule has 0 radical (unpaired) electrons. The Morgan fingerprint density at radius 1 is 0.912 bits per heavy atom. The number of carbonyl (C=O) groups is 3. The number of anilines is 1. The summed E-state index contributed by atoms with van der Waals surface area (Å²) in [5.41, 5.74) is 4.62. The predicted molar refractivity (Wildman–Crippen MR) is 137 cm³/mol. The minimum absolute atomic E-state index is 0.136. The second-order valence-corrected chi connectivity index (χ2v) is 8.93. The summed E-state index contributed by atoms with van der Waals surface area (Å²) >= 11 is 8.91. The minimum Gasteiger partial charge on any atom is -0.326 e. The van der Waals surface area contributed by atoms with E-state index in [1.54, 1.807) is 48.5 Å². The molecule has 3 aromatic rings. The summed E-state index contributed by atoms with van der Waals surface area (Å²) < 4.78 is 0.834. The first-order valence-electron chi connectivity index (χ1n) is 10.5. The van der Waals surface area contributed by atoms with Gasteiger partial charge in [0, 0.05) is 15.7 Å². The number of rotatable bonds is 7. The maximum atomic E-state index is 13.3. The number of thiocarbonyl (C=S) groups is 1. The van der Waals surface area contributed by atoms with Gasteiger partial charge in [-0.2, -0.15) is 0 Å². The number of carbonyl (C=O) groups excluding carboxylic acids is 3. The van der Waals surface area contributed by atoms with Crippen LogP contribution in [0.4, 0.5) is 5.69 Å². The molecule has 1 heterocycles. The lowest BCUT2D eigenvalue weighted by Crippen LogP contribution is -2.49. The van der Waals surface area contributed by atoms with Gasteiger partial charge >= 0.3 is 0 Å². The standard InChI is InChI=1S/C25H21BrN4O3S/c26-19-13-11-18(12-14-19)23(32)28-30-21(15-22(31)27-20-9-5-2-6-10-20)24(33)29(25(30)34)16-17-7-3-1-4-8-17/h1-14,21H,15-16H2,(H,27,31)(H,28,32). The van der Waals surface area contributed by atoms with Crippen molar-refractivity contribution in [1.82, 2.24) is 15.3 Å². The molecule has 1 atom stereocenters. The summed E-state index contributed by atoms with van der Waals surface area (Å²) in [4.78, 5) is 40.4. The first-order chi connectivity index (χ1) is 16.4. The molecule has 4 rings (SSSR count). The van der Waals surface area contributed by atoms with Crippen LogP contribution in [0.1, 0.15) is 22.3 Å². The molecule has 1 unspecified atom stereocenters. The van der Waals surface area contributed by atoms with Gasteiger partial charge in [0.15, 0.2) is 5.11 Å². The Labute approximate surface area is 210 Å². The first kappa shape index (κ1) is 23.6. The average molecular weight is 537 g/mol. The van der Waals surface area contributed by atoms with E-state index in [4.69, 9.17) is 12.2 Å². The van der Waals surface area contributed by atoms with E-state index in [1.807, 2.05) is 36.4 Å². The van der Waals surface area contributed by atoms with Gasteiger partial charge in [-0.25, -0.2) is 5.01 Å². The van der Waals surface area contributed by atoms with Crippen LogP contribution in [0.15, 0.2) is 89.4 Å². The molecule has 1 saturated heterocycles. The highest BCUT2D eigenvalue weighted by molar-refractivity contribution is 9.10. The van der Waals surface area contributed by atoms with E-state index in [-0.39, 0.29) is 29.9 Å². The van der Waals surface area contributed by atoms with E-state index >= 15 is 0 Å². The number of hydrazine groups is 1. The van der Waals surface area contributed by atoms with Crippen LogP contribution in [-0.2, 0) is 16.1 Å². The normalized spacial score (nSPS) is 15.4. The zero-order chi connectivity index (χ0) is 24.1. The van der Waals surface area contributed by atoms with Gasteiger partial charge in [-0.05, 0) is 54.2 Å². The third-order valence-electron chi connectivity index (χ3n) is 5.25. The van der Waals surface area contributed by atoms with Crippen LogP contribution in [0.25, 0.3) is 0 Å². The largest absolute Gasteiger partial charge is 0.326 e. The summed E-state index contributed by atoms with van der Waals surface area (Å²) in [7, 11) is 0. The maximum absolute atomic E-state index is 13.3. The Kier molecular flexibility index (Phi) is 7.34. The van der Waals surface area contributed by atoms with Crippen LogP contribution in [-0.4, -0.2) is 38.8 Å². The van der Waals surface area contributed by atoms with Crippen molar-refractivity contribution in [1.29, 1.82) is 0 Å². The van der Waals surface area contributed by atoms with Crippen molar-refractivity contribution in [3.8, 4) is 0 Å². The first-order valence-corrected chi connectivity index (χ1v) is 11.7. The second-order valence-electron chi connectivity index (χ2n) is 7.64. The molecule has 3 aromatic carbocycles. The molecule has 1 aliphatic heterocycles. The topological polar surface area (TPSA) is 81.8 Å². The summed E-state index contributed by atoms with van der Waals surface area (Å²) in [5, 5.41) is 4.23. The van der Waals surface area contributed by atoms with Crippen molar-refractivity contribution < 1.29 is 14.4 Å². The molecule has 0 spiro atoms. The lowest BCUT2D eigenvalue weighted by atomic mass is 10.1. The number of hydrogen-bond acceptors (Lipinski definition) is 4. The number of nitrogens with one attached hydrogen (secondary N) is 2. The molecule has 1 aliphatic rings. The molecule has 34 heavy (non-hydrogen) atoms. The molecule has 172 valence electrons. The average Bonchev–Trinajstić information content (AvgIpc) is 3.05. The van der Waals surface area contributed by atoms with Gasteiger partial charge in [0.05, 0.1) is 13.0 Å². The van der Waals surface area contributed by atoms with Crippen molar-refractivity contribution in [2.75, 3.05) is 5.32 Å². The van der Waals surface area contributed by atoms with Crippen LogP contribution in [0, 0.1) is 0 Å². The molecule has 2 N–H and O–H groups in total. The van der Waals surface area contributed by atoms with Crippen LogP contribution < -0.4 is 10.7 Å². The van der Waals surface area contributed by atoms with E-state index in [2.05, 4.69) is 26.7 Å². The van der Waals surface area contributed by atoms with Crippen molar-refractivity contribution in [2.45, 2.75) is 19.0 Å². The molecule has 1 fully saturated rings. The Morgan fingerprint density at radius 3 is 2.18 bits per heavy atom. The van der Waals surface area contributed by atoms with Gasteiger partial charge in [-0.15, -0.1) is 0 Å². The van der Waals surface area contributed by atoms with E-state index in [9.17, 15) is 14.4 Å². The summed E-state index contributed by atoms with van der Waals surface area (Å²) in [5.74, 6) is -1.15.